The maximum absolute atomic E-state index is 13.3. The summed E-state index contributed by atoms with van der Waals surface area (Å²) in [4.78, 5) is 17.8. The first-order valence-corrected chi connectivity index (χ1v) is 11.1. The van der Waals surface area contributed by atoms with Crippen LogP contribution in [-0.2, 0) is 6.42 Å². The molecule has 164 valence electrons. The van der Waals surface area contributed by atoms with Crippen molar-refractivity contribution in [1.82, 2.24) is 15.1 Å². The summed E-state index contributed by atoms with van der Waals surface area (Å²) in [7, 11) is 0. The summed E-state index contributed by atoms with van der Waals surface area (Å²) in [5.41, 5.74) is 10.5. The molecule has 0 amide bonds. The predicted octanol–water partition coefficient (Wildman–Crippen LogP) is 3.64. The Morgan fingerprint density at radius 2 is 2.25 bits per heavy atom. The minimum atomic E-state index is -0.0881. The maximum atomic E-state index is 13.3. The maximum Gasteiger partial charge on any atom is 0.194 e. The van der Waals surface area contributed by atoms with Crippen molar-refractivity contribution in [3.8, 4) is 5.75 Å². The first kappa shape index (κ1) is 20.3. The van der Waals surface area contributed by atoms with E-state index in [2.05, 4.69) is 22.3 Å². The molecule has 2 aromatic rings. The number of benzene rings is 1. The number of allylic oxidation sites excluding steroid dienone is 3. The molecule has 2 aliphatic carbocycles. The molecule has 1 aliphatic heterocycles. The van der Waals surface area contributed by atoms with Crippen molar-refractivity contribution in [2.75, 3.05) is 12.3 Å². The highest BCUT2D eigenvalue weighted by Gasteiger charge is 2.28. The Bertz CT molecular complexity index is 1200. The van der Waals surface area contributed by atoms with Crippen molar-refractivity contribution in [3.63, 3.8) is 0 Å². The van der Waals surface area contributed by atoms with Crippen molar-refractivity contribution >= 4 is 29.2 Å². The zero-order valence-electron chi connectivity index (χ0n) is 18.3. The zero-order chi connectivity index (χ0) is 22.2. The van der Waals surface area contributed by atoms with Crippen LogP contribution in [0, 0.1) is 0 Å². The number of Topliss-reactive ketones (excluding diaryl/α,β-unsaturated/α-hetero) is 1. The molecule has 0 fully saturated rings. The molecular weight excluding hydrogens is 402 g/mol. The molecule has 0 radical (unpaired) electrons. The average Bonchev–Trinajstić information content (AvgIpc) is 3.48. The van der Waals surface area contributed by atoms with E-state index < -0.39 is 0 Å². The number of nitrogens with one attached hydrogen (secondary N) is 1. The molecule has 3 N–H and O–H groups in total. The van der Waals surface area contributed by atoms with Crippen molar-refractivity contribution in [2.45, 2.75) is 45.2 Å². The van der Waals surface area contributed by atoms with Gasteiger partial charge in [0.15, 0.2) is 5.78 Å². The van der Waals surface area contributed by atoms with Gasteiger partial charge in [-0.2, -0.15) is 5.10 Å². The van der Waals surface area contributed by atoms with Crippen LogP contribution in [0.5, 0.6) is 5.75 Å². The lowest BCUT2D eigenvalue weighted by Gasteiger charge is -2.18. The first-order chi connectivity index (χ1) is 15.5. The number of nitrogens with zero attached hydrogens (tertiary/aromatic N) is 3. The Morgan fingerprint density at radius 3 is 3.09 bits per heavy atom. The fourth-order valence-corrected chi connectivity index (χ4v) is 4.34. The summed E-state index contributed by atoms with van der Waals surface area (Å²) in [5, 5.41) is 7.74. The van der Waals surface area contributed by atoms with Crippen LogP contribution in [-0.4, -0.2) is 40.1 Å². The van der Waals surface area contributed by atoms with Gasteiger partial charge >= 0.3 is 0 Å². The minimum absolute atomic E-state index is 0.0820. The monoisotopic (exact) mass is 429 g/mol. The number of nitrogen functional groups attached to an aromatic ring is 1. The summed E-state index contributed by atoms with van der Waals surface area (Å²) in [6.45, 7) is 4.79. The van der Waals surface area contributed by atoms with Gasteiger partial charge in [0.05, 0.1) is 42.0 Å². The zero-order valence-corrected chi connectivity index (χ0v) is 18.3. The van der Waals surface area contributed by atoms with Gasteiger partial charge in [-0.3, -0.25) is 9.79 Å². The van der Waals surface area contributed by atoms with Gasteiger partial charge in [-0.15, -0.1) is 0 Å². The molecule has 1 aromatic carbocycles. The number of rotatable bonds is 7. The molecule has 3 aliphatic rings. The Kier molecular flexibility index (Phi) is 5.17. The lowest BCUT2D eigenvalue weighted by Crippen LogP contribution is -2.33. The number of ketones is 1. The molecule has 7 nitrogen and oxygen atoms in total. The number of hydrogen-bond donors (Lipinski definition) is 2. The number of amidine groups is 1. The van der Waals surface area contributed by atoms with Crippen LogP contribution >= 0.6 is 0 Å². The van der Waals surface area contributed by atoms with E-state index in [1.165, 1.54) is 0 Å². The lowest BCUT2D eigenvalue weighted by molar-refractivity contribution is 0.103. The molecule has 5 rings (SSSR count). The standard InChI is InChI=1S/C25H27N5O2/c1-3-4-9-32-20-7-5-16-10-18(11-17(16)12-20)24(31)21-14-27-30(25(21)26)19-6-8-22-23(13-19)29-15(2)28-22/h5-8,11-14,22-23H,3-4,9-10,26H2,1-2H3,(H,28,29). The summed E-state index contributed by atoms with van der Waals surface area (Å²) < 4.78 is 7.43. The molecule has 2 unspecified atom stereocenters. The second-order valence-corrected chi connectivity index (χ2v) is 8.42. The number of anilines is 1. The third-order valence-electron chi connectivity index (χ3n) is 6.08. The fraction of sp³-hybridized carbons (Fsp3) is 0.320. The van der Waals surface area contributed by atoms with Crippen LogP contribution < -0.4 is 15.8 Å². The highest BCUT2D eigenvalue weighted by molar-refractivity contribution is 6.15. The van der Waals surface area contributed by atoms with Gasteiger partial charge in [-0.1, -0.05) is 25.5 Å². The second-order valence-electron chi connectivity index (χ2n) is 8.42. The van der Waals surface area contributed by atoms with E-state index in [1.807, 2.05) is 49.4 Å². The number of ether oxygens (including phenoxy) is 1. The van der Waals surface area contributed by atoms with Gasteiger partial charge in [0, 0.05) is 12.0 Å². The van der Waals surface area contributed by atoms with E-state index >= 15 is 0 Å². The van der Waals surface area contributed by atoms with Crippen LogP contribution in [0.1, 0.15) is 48.2 Å². The van der Waals surface area contributed by atoms with Gasteiger partial charge in [0.1, 0.15) is 11.6 Å². The fourth-order valence-electron chi connectivity index (χ4n) is 4.34. The third kappa shape index (κ3) is 3.64. The quantitative estimate of drug-likeness (QED) is 0.518. The normalized spacial score (nSPS) is 20.8. The van der Waals surface area contributed by atoms with Gasteiger partial charge in [-0.25, -0.2) is 4.68 Å². The number of carbonyl (C=O) groups is 1. The van der Waals surface area contributed by atoms with Crippen molar-refractivity contribution in [2.24, 2.45) is 4.99 Å². The summed E-state index contributed by atoms with van der Waals surface area (Å²) >= 11 is 0. The van der Waals surface area contributed by atoms with Crippen molar-refractivity contribution in [1.29, 1.82) is 0 Å². The molecule has 7 heteroatoms. The number of nitrogens with two attached hydrogens (primary N) is 1. The first-order valence-electron chi connectivity index (χ1n) is 11.1. The van der Waals surface area contributed by atoms with Crippen LogP contribution in [0.2, 0.25) is 0 Å². The van der Waals surface area contributed by atoms with Gasteiger partial charge in [-0.05, 0) is 54.8 Å². The second kappa shape index (κ2) is 8.15. The van der Waals surface area contributed by atoms with Gasteiger partial charge in [0.25, 0.3) is 0 Å². The third-order valence-corrected chi connectivity index (χ3v) is 6.08. The smallest absolute Gasteiger partial charge is 0.194 e. The van der Waals surface area contributed by atoms with E-state index in [4.69, 9.17) is 10.5 Å². The van der Waals surface area contributed by atoms with Crippen molar-refractivity contribution in [3.05, 3.63) is 64.9 Å². The highest BCUT2D eigenvalue weighted by atomic mass is 16.5. The molecule has 0 bridgehead atoms. The molecule has 0 saturated heterocycles. The number of unbranched alkanes of at least 4 members (excludes halogenated alkanes) is 1. The number of fused-ring (bicyclic) bond motifs is 2. The Hall–Kier alpha value is -3.61. The summed E-state index contributed by atoms with van der Waals surface area (Å²) in [5.74, 6) is 2.01. The lowest BCUT2D eigenvalue weighted by atomic mass is 10.0. The number of hydrogen-bond acceptors (Lipinski definition) is 6. The minimum Gasteiger partial charge on any atom is -0.494 e. The molecule has 2 atom stereocenters. The van der Waals surface area contributed by atoms with Crippen LogP contribution in [0.3, 0.4) is 0 Å². The van der Waals surface area contributed by atoms with Crippen molar-refractivity contribution < 1.29 is 9.53 Å². The van der Waals surface area contributed by atoms with Crippen LogP contribution in [0.4, 0.5) is 5.82 Å². The van der Waals surface area contributed by atoms with Crippen LogP contribution in [0.25, 0.3) is 11.8 Å². The van der Waals surface area contributed by atoms with Gasteiger partial charge < -0.3 is 15.8 Å². The van der Waals surface area contributed by atoms with E-state index in [0.717, 1.165) is 41.3 Å². The number of carbonyl (C=O) groups excluding carboxylic acids is 1. The topological polar surface area (TPSA) is 94.5 Å². The van der Waals surface area contributed by atoms with E-state index in [1.54, 1.807) is 10.9 Å². The van der Waals surface area contributed by atoms with Gasteiger partial charge in [0.2, 0.25) is 0 Å². The molecule has 0 saturated carbocycles. The summed E-state index contributed by atoms with van der Waals surface area (Å²) in [6.07, 6.45) is 12.2. The SMILES string of the molecule is CCCCOc1ccc2c(c1)C=C(C(=O)c1cnn(C3=CC4NC(C)=NC4C=C3)c1N)C2. The molecule has 1 aromatic heterocycles. The Balaban J connectivity index is 1.34. The van der Waals surface area contributed by atoms with E-state index in [-0.39, 0.29) is 17.9 Å². The molecular formula is C25H27N5O2. The highest BCUT2D eigenvalue weighted by Crippen LogP contribution is 2.32. The molecule has 2 heterocycles. The Labute approximate surface area is 187 Å². The number of aromatic nitrogens is 2. The number of aliphatic imine (C=N–C) groups is 1. The largest absolute Gasteiger partial charge is 0.494 e. The predicted molar refractivity (Wildman–Crippen MR) is 127 cm³/mol. The van der Waals surface area contributed by atoms with E-state index in [0.29, 0.717) is 30.0 Å². The van der Waals surface area contributed by atoms with E-state index in [9.17, 15) is 4.79 Å². The Morgan fingerprint density at radius 1 is 1.38 bits per heavy atom. The summed E-state index contributed by atoms with van der Waals surface area (Å²) in [6, 6.07) is 6.19. The molecule has 32 heavy (non-hydrogen) atoms. The average molecular weight is 430 g/mol. The molecule has 0 spiro atoms. The van der Waals surface area contributed by atoms with Crippen LogP contribution in [0.15, 0.2) is 53.2 Å².